The van der Waals surface area contributed by atoms with E-state index >= 15 is 0 Å². The third kappa shape index (κ3) is 3.70. The molecule has 0 heterocycles. The van der Waals surface area contributed by atoms with Gasteiger partial charge in [0.2, 0.25) is 0 Å². The van der Waals surface area contributed by atoms with E-state index in [1.54, 1.807) is 0 Å². The maximum absolute atomic E-state index is 8.96. The predicted molar refractivity (Wildman–Crippen MR) is 72.3 cm³/mol. The normalized spacial score (nSPS) is 12.8. The molecule has 1 unspecified atom stereocenters. The van der Waals surface area contributed by atoms with Crippen LogP contribution in [0.5, 0.6) is 0 Å². The topological polar surface area (TPSA) is 52.7 Å². The first-order chi connectivity index (χ1) is 8.10. The van der Waals surface area contributed by atoms with Crippen molar-refractivity contribution in [2.75, 3.05) is 45.7 Å². The Morgan fingerprint density at radius 3 is 2.18 bits per heavy atom. The molecule has 1 aromatic rings. The molecule has 0 bridgehead atoms. The minimum absolute atomic E-state index is 0.156. The minimum atomic E-state index is 0.156. The Morgan fingerprint density at radius 1 is 1.18 bits per heavy atom. The van der Waals surface area contributed by atoms with E-state index in [-0.39, 0.29) is 12.6 Å². The molecule has 4 heteroatoms. The maximum Gasteiger partial charge on any atom is 0.0558 e. The molecule has 0 radical (unpaired) electrons. The molecule has 1 atom stereocenters. The average Bonchev–Trinajstić information content (AvgIpc) is 2.31. The summed E-state index contributed by atoms with van der Waals surface area (Å²) in [6, 6.07) is 8.54. The van der Waals surface area contributed by atoms with Crippen molar-refractivity contribution in [1.29, 1.82) is 0 Å². The van der Waals surface area contributed by atoms with Crippen molar-refractivity contribution in [3.8, 4) is 0 Å². The van der Waals surface area contributed by atoms with E-state index in [0.717, 1.165) is 0 Å². The molecule has 0 spiro atoms. The van der Waals surface area contributed by atoms with Crippen LogP contribution >= 0.6 is 0 Å². The highest BCUT2D eigenvalue weighted by Crippen LogP contribution is 2.21. The van der Waals surface area contributed by atoms with E-state index in [1.807, 2.05) is 21.1 Å². The molecule has 0 fully saturated rings. The number of rotatable bonds is 6. The van der Waals surface area contributed by atoms with E-state index in [2.05, 4.69) is 34.1 Å². The lowest BCUT2D eigenvalue weighted by Crippen LogP contribution is -2.32. The average molecular weight is 237 g/mol. The van der Waals surface area contributed by atoms with Crippen LogP contribution in [-0.4, -0.2) is 50.8 Å². The van der Waals surface area contributed by atoms with Crippen molar-refractivity contribution in [3.63, 3.8) is 0 Å². The van der Waals surface area contributed by atoms with Gasteiger partial charge in [-0.25, -0.2) is 0 Å². The molecule has 0 saturated carbocycles. The zero-order valence-corrected chi connectivity index (χ0v) is 10.9. The van der Waals surface area contributed by atoms with Crippen LogP contribution in [0.25, 0.3) is 0 Å². The first-order valence-corrected chi connectivity index (χ1v) is 5.88. The fourth-order valence-electron chi connectivity index (χ4n) is 1.88. The summed E-state index contributed by atoms with van der Waals surface area (Å²) < 4.78 is 0. The highest BCUT2D eigenvalue weighted by atomic mass is 16.3. The molecular formula is C13H23N3O. The molecule has 3 N–H and O–H groups in total. The highest BCUT2D eigenvalue weighted by Gasteiger charge is 2.14. The Morgan fingerprint density at radius 2 is 1.76 bits per heavy atom. The Kier molecular flexibility index (Phi) is 5.41. The first-order valence-electron chi connectivity index (χ1n) is 5.88. The number of anilines is 1. The number of aliphatic hydroxyl groups excluding tert-OH is 1. The lowest BCUT2D eigenvalue weighted by molar-refractivity contribution is 0.183. The summed E-state index contributed by atoms with van der Waals surface area (Å²) in [4.78, 5) is 4.14. The third-order valence-electron chi connectivity index (χ3n) is 3.00. The van der Waals surface area contributed by atoms with Crippen LogP contribution in [0, 0.1) is 0 Å². The molecule has 0 saturated heterocycles. The summed E-state index contributed by atoms with van der Waals surface area (Å²) in [6.45, 7) is 1.35. The van der Waals surface area contributed by atoms with Crippen LogP contribution in [0.1, 0.15) is 11.6 Å². The standard InChI is InChI=1S/C13H23N3O/c1-15(2)12-6-4-11(5-7-12)13(10-14)16(3)8-9-17/h4-7,13,17H,8-10,14H2,1-3H3. The highest BCUT2D eigenvalue weighted by molar-refractivity contribution is 5.46. The van der Waals surface area contributed by atoms with Gasteiger partial charge in [0, 0.05) is 38.9 Å². The second kappa shape index (κ2) is 6.59. The van der Waals surface area contributed by atoms with Gasteiger partial charge >= 0.3 is 0 Å². The van der Waals surface area contributed by atoms with Gasteiger partial charge in [0.05, 0.1) is 6.61 Å². The smallest absolute Gasteiger partial charge is 0.0558 e. The van der Waals surface area contributed by atoms with Gasteiger partial charge in [0.15, 0.2) is 0 Å². The summed E-state index contributed by atoms with van der Waals surface area (Å²) in [5.41, 5.74) is 8.16. The zero-order chi connectivity index (χ0) is 12.8. The fourth-order valence-corrected chi connectivity index (χ4v) is 1.88. The molecular weight excluding hydrogens is 214 g/mol. The Labute approximate surface area is 104 Å². The van der Waals surface area contributed by atoms with Gasteiger partial charge in [-0.1, -0.05) is 12.1 Å². The van der Waals surface area contributed by atoms with Gasteiger partial charge in [-0.05, 0) is 24.7 Å². The van der Waals surface area contributed by atoms with Gasteiger partial charge in [0.25, 0.3) is 0 Å². The Hall–Kier alpha value is -1.10. The molecule has 0 aliphatic rings. The SMILES string of the molecule is CN(C)c1ccc(C(CN)N(C)CCO)cc1. The molecule has 1 rings (SSSR count). The molecule has 0 amide bonds. The van der Waals surface area contributed by atoms with Gasteiger partial charge in [-0.3, -0.25) is 4.90 Å². The minimum Gasteiger partial charge on any atom is -0.395 e. The van der Waals surface area contributed by atoms with Gasteiger partial charge < -0.3 is 15.7 Å². The predicted octanol–water partition coefficient (Wildman–Crippen LogP) is 0.677. The molecule has 96 valence electrons. The van der Waals surface area contributed by atoms with E-state index in [0.29, 0.717) is 13.1 Å². The van der Waals surface area contributed by atoms with Crippen molar-refractivity contribution >= 4 is 5.69 Å². The van der Waals surface area contributed by atoms with Crippen molar-refractivity contribution in [3.05, 3.63) is 29.8 Å². The number of nitrogens with two attached hydrogens (primary N) is 1. The van der Waals surface area contributed by atoms with Crippen LogP contribution in [-0.2, 0) is 0 Å². The fraction of sp³-hybridized carbons (Fsp3) is 0.538. The maximum atomic E-state index is 8.96. The molecule has 17 heavy (non-hydrogen) atoms. The molecule has 1 aromatic carbocycles. The van der Waals surface area contributed by atoms with Crippen molar-refractivity contribution in [1.82, 2.24) is 4.90 Å². The number of likely N-dealkylation sites (N-methyl/N-ethyl adjacent to an activating group) is 1. The van der Waals surface area contributed by atoms with Gasteiger partial charge in [0.1, 0.15) is 0 Å². The van der Waals surface area contributed by atoms with Crippen LogP contribution < -0.4 is 10.6 Å². The lowest BCUT2D eigenvalue weighted by atomic mass is 10.1. The monoisotopic (exact) mass is 237 g/mol. The molecule has 0 aliphatic heterocycles. The lowest BCUT2D eigenvalue weighted by Gasteiger charge is -2.27. The summed E-state index contributed by atoms with van der Waals surface area (Å²) in [5.74, 6) is 0. The van der Waals surface area contributed by atoms with E-state index in [1.165, 1.54) is 11.3 Å². The Bertz CT molecular complexity index is 324. The quantitative estimate of drug-likeness (QED) is 0.764. The zero-order valence-electron chi connectivity index (χ0n) is 10.9. The number of hydrogen-bond donors (Lipinski definition) is 2. The summed E-state index contributed by atoms with van der Waals surface area (Å²) in [7, 11) is 6.02. The second-order valence-electron chi connectivity index (χ2n) is 4.44. The van der Waals surface area contributed by atoms with Gasteiger partial charge in [-0.15, -0.1) is 0 Å². The van der Waals surface area contributed by atoms with Crippen molar-refractivity contribution in [2.24, 2.45) is 5.73 Å². The van der Waals surface area contributed by atoms with Crippen molar-refractivity contribution in [2.45, 2.75) is 6.04 Å². The first kappa shape index (κ1) is 14.0. The van der Waals surface area contributed by atoms with Crippen LogP contribution in [0.2, 0.25) is 0 Å². The van der Waals surface area contributed by atoms with E-state index < -0.39 is 0 Å². The Balaban J connectivity index is 2.82. The van der Waals surface area contributed by atoms with E-state index in [9.17, 15) is 0 Å². The van der Waals surface area contributed by atoms with Crippen molar-refractivity contribution < 1.29 is 5.11 Å². The summed E-state index contributed by atoms with van der Waals surface area (Å²) in [6.07, 6.45) is 0. The van der Waals surface area contributed by atoms with Crippen LogP contribution in [0.4, 0.5) is 5.69 Å². The molecule has 4 nitrogen and oxygen atoms in total. The van der Waals surface area contributed by atoms with Gasteiger partial charge in [-0.2, -0.15) is 0 Å². The third-order valence-corrected chi connectivity index (χ3v) is 3.00. The second-order valence-corrected chi connectivity index (χ2v) is 4.44. The molecule has 0 aromatic heterocycles. The number of aliphatic hydroxyl groups is 1. The number of nitrogens with zero attached hydrogens (tertiary/aromatic N) is 2. The van der Waals surface area contributed by atoms with E-state index in [4.69, 9.17) is 10.8 Å². The molecule has 0 aliphatic carbocycles. The largest absolute Gasteiger partial charge is 0.395 e. The summed E-state index contributed by atoms with van der Waals surface area (Å²) >= 11 is 0. The number of benzene rings is 1. The summed E-state index contributed by atoms with van der Waals surface area (Å²) in [5, 5.41) is 8.96. The number of hydrogen-bond acceptors (Lipinski definition) is 4. The van der Waals surface area contributed by atoms with Crippen LogP contribution in [0.3, 0.4) is 0 Å². The van der Waals surface area contributed by atoms with Crippen LogP contribution in [0.15, 0.2) is 24.3 Å².